The van der Waals surface area contributed by atoms with Crippen molar-refractivity contribution in [2.45, 2.75) is 31.6 Å². The zero-order chi connectivity index (χ0) is 14.2. The maximum atomic E-state index is 12.3. The van der Waals surface area contributed by atoms with E-state index in [1.165, 1.54) is 6.92 Å². The van der Waals surface area contributed by atoms with Crippen LogP contribution in [-0.4, -0.2) is 42.5 Å². The van der Waals surface area contributed by atoms with Crippen molar-refractivity contribution in [1.82, 2.24) is 15.1 Å². The van der Waals surface area contributed by atoms with E-state index in [0.717, 1.165) is 12.8 Å². The van der Waals surface area contributed by atoms with E-state index in [9.17, 15) is 13.2 Å². The Hall–Kier alpha value is -1.08. The monoisotopic (exact) mass is 305 g/mol. The average Bonchev–Trinajstić information content (AvgIpc) is 2.71. The summed E-state index contributed by atoms with van der Waals surface area (Å²) in [7, 11) is 1.37. The summed E-state index contributed by atoms with van der Waals surface area (Å²) in [5, 5.41) is 6.31. The number of carbonyl (C=O) groups is 1. The van der Waals surface area contributed by atoms with Gasteiger partial charge in [0.05, 0.1) is 5.69 Å². The summed E-state index contributed by atoms with van der Waals surface area (Å²) >= 11 is 0. The summed E-state index contributed by atoms with van der Waals surface area (Å²) < 4.78 is 23.0. The predicted molar refractivity (Wildman–Crippen MR) is 70.7 cm³/mol. The molecule has 1 aromatic rings. The van der Waals surface area contributed by atoms with Crippen molar-refractivity contribution >= 4 is 25.6 Å². The van der Waals surface area contributed by atoms with E-state index in [0.29, 0.717) is 19.0 Å². The Morgan fingerprint density at radius 3 is 2.53 bits per heavy atom. The fourth-order valence-electron chi connectivity index (χ4n) is 2.22. The van der Waals surface area contributed by atoms with Crippen LogP contribution in [0.4, 0.5) is 0 Å². The fraction of sp³-hybridized carbons (Fsp3) is 0.636. The van der Waals surface area contributed by atoms with Crippen LogP contribution in [0.5, 0.6) is 0 Å². The number of rotatable bonds is 2. The van der Waals surface area contributed by atoms with Crippen LogP contribution in [-0.2, 0) is 9.05 Å². The van der Waals surface area contributed by atoms with Gasteiger partial charge in [-0.15, -0.1) is 0 Å². The van der Waals surface area contributed by atoms with Crippen LogP contribution in [0.15, 0.2) is 4.90 Å². The van der Waals surface area contributed by atoms with Crippen molar-refractivity contribution in [2.24, 2.45) is 5.92 Å². The number of hydrogen-bond acceptors (Lipinski definition) is 4. The number of carbonyl (C=O) groups excluding carboxylic acids is 1. The Morgan fingerprint density at radius 1 is 1.42 bits per heavy atom. The minimum Gasteiger partial charge on any atom is -0.337 e. The number of aromatic nitrogens is 2. The Morgan fingerprint density at radius 2 is 2.00 bits per heavy atom. The lowest BCUT2D eigenvalue weighted by Gasteiger charge is -2.29. The molecule has 0 aromatic carbocycles. The molecule has 106 valence electrons. The first-order valence-electron chi connectivity index (χ1n) is 6.09. The van der Waals surface area contributed by atoms with Crippen molar-refractivity contribution in [2.75, 3.05) is 13.1 Å². The first-order valence-corrected chi connectivity index (χ1v) is 8.40. The molecule has 0 atom stereocenters. The Labute approximate surface area is 116 Å². The molecule has 1 amide bonds. The lowest BCUT2D eigenvalue weighted by atomic mass is 9.99. The number of halogens is 1. The molecule has 1 N–H and O–H groups in total. The Balaban J connectivity index is 2.30. The molecule has 1 aliphatic heterocycles. The number of nitrogens with one attached hydrogen (secondary N) is 1. The van der Waals surface area contributed by atoms with Crippen molar-refractivity contribution in [3.05, 3.63) is 11.4 Å². The van der Waals surface area contributed by atoms with E-state index in [2.05, 4.69) is 17.1 Å². The molecule has 6 nitrogen and oxygen atoms in total. The van der Waals surface area contributed by atoms with Gasteiger partial charge in [-0.3, -0.25) is 9.89 Å². The molecule has 0 spiro atoms. The smallest absolute Gasteiger partial charge is 0.275 e. The topological polar surface area (TPSA) is 83.1 Å². The lowest BCUT2D eigenvalue weighted by molar-refractivity contribution is 0.0687. The van der Waals surface area contributed by atoms with Crippen molar-refractivity contribution < 1.29 is 13.2 Å². The van der Waals surface area contributed by atoms with Crippen LogP contribution in [0.1, 0.15) is 35.9 Å². The molecular formula is C11H16ClN3O3S. The van der Waals surface area contributed by atoms with E-state index in [-0.39, 0.29) is 22.2 Å². The average molecular weight is 306 g/mol. The molecule has 2 rings (SSSR count). The third-order valence-corrected chi connectivity index (χ3v) is 4.86. The zero-order valence-electron chi connectivity index (χ0n) is 10.8. The van der Waals surface area contributed by atoms with Gasteiger partial charge in [-0.25, -0.2) is 8.42 Å². The van der Waals surface area contributed by atoms with Crippen molar-refractivity contribution in [3.63, 3.8) is 0 Å². The molecule has 0 radical (unpaired) electrons. The van der Waals surface area contributed by atoms with Gasteiger partial charge in [-0.05, 0) is 25.7 Å². The van der Waals surface area contributed by atoms with Crippen molar-refractivity contribution in [1.29, 1.82) is 0 Å². The maximum Gasteiger partial charge on any atom is 0.275 e. The van der Waals surface area contributed by atoms with Gasteiger partial charge in [0.25, 0.3) is 15.0 Å². The minimum absolute atomic E-state index is 0.109. The highest BCUT2D eigenvalue weighted by Crippen LogP contribution is 2.25. The van der Waals surface area contributed by atoms with Crippen molar-refractivity contribution in [3.8, 4) is 0 Å². The largest absolute Gasteiger partial charge is 0.337 e. The van der Waals surface area contributed by atoms with Crippen LogP contribution < -0.4 is 0 Å². The van der Waals surface area contributed by atoms with Gasteiger partial charge in [-0.1, -0.05) is 6.92 Å². The normalized spacial score (nSPS) is 17.7. The van der Waals surface area contributed by atoms with E-state index in [4.69, 9.17) is 10.7 Å². The Kier molecular flexibility index (Phi) is 3.87. The maximum absolute atomic E-state index is 12.3. The second-order valence-corrected chi connectivity index (χ2v) is 7.44. The van der Waals surface area contributed by atoms with Gasteiger partial charge in [0, 0.05) is 23.8 Å². The van der Waals surface area contributed by atoms with Crippen LogP contribution in [0.2, 0.25) is 0 Å². The van der Waals surface area contributed by atoms with Crippen LogP contribution >= 0.6 is 10.7 Å². The summed E-state index contributed by atoms with van der Waals surface area (Å²) in [6, 6.07) is 0. The van der Waals surface area contributed by atoms with Crippen LogP contribution in [0.3, 0.4) is 0 Å². The number of H-pyrrole nitrogens is 1. The first kappa shape index (κ1) is 14.3. The molecular weight excluding hydrogens is 290 g/mol. The molecule has 0 unspecified atom stereocenters. The second kappa shape index (κ2) is 5.13. The highest BCUT2D eigenvalue weighted by atomic mass is 35.7. The number of amides is 1. The fourth-order valence-corrected chi connectivity index (χ4v) is 3.57. The van der Waals surface area contributed by atoms with Gasteiger partial charge >= 0.3 is 0 Å². The highest BCUT2D eigenvalue weighted by Gasteiger charge is 2.30. The van der Waals surface area contributed by atoms with Crippen LogP contribution in [0, 0.1) is 12.8 Å². The van der Waals surface area contributed by atoms with Gasteiger partial charge in [0.15, 0.2) is 5.69 Å². The molecule has 0 bridgehead atoms. The third-order valence-electron chi connectivity index (χ3n) is 3.41. The summed E-state index contributed by atoms with van der Waals surface area (Å²) in [6.45, 7) is 4.90. The summed E-state index contributed by atoms with van der Waals surface area (Å²) in [6.07, 6.45) is 1.83. The van der Waals surface area contributed by atoms with Gasteiger partial charge in [-0.2, -0.15) is 5.10 Å². The zero-order valence-corrected chi connectivity index (χ0v) is 12.4. The number of likely N-dealkylation sites (tertiary alicyclic amines) is 1. The molecule has 1 saturated heterocycles. The molecule has 2 heterocycles. The van der Waals surface area contributed by atoms with Gasteiger partial charge in [0.1, 0.15) is 4.90 Å². The summed E-state index contributed by atoms with van der Waals surface area (Å²) in [5.74, 6) is 0.205. The third kappa shape index (κ3) is 2.92. The number of hydrogen-bond donors (Lipinski definition) is 1. The summed E-state index contributed by atoms with van der Waals surface area (Å²) in [5.41, 5.74) is 0.172. The second-order valence-electron chi connectivity index (χ2n) is 4.94. The quantitative estimate of drug-likeness (QED) is 0.840. The van der Waals surface area contributed by atoms with Gasteiger partial charge < -0.3 is 4.90 Å². The lowest BCUT2D eigenvalue weighted by Crippen LogP contribution is -2.38. The van der Waals surface area contributed by atoms with E-state index in [1.54, 1.807) is 4.90 Å². The van der Waals surface area contributed by atoms with Crippen LogP contribution in [0.25, 0.3) is 0 Å². The number of piperidine rings is 1. The molecule has 1 fully saturated rings. The van der Waals surface area contributed by atoms with E-state index in [1.807, 2.05) is 0 Å². The SMILES string of the molecule is Cc1[nH]nc(C(=O)N2CCC(C)CC2)c1S(=O)(=O)Cl. The first-order chi connectivity index (χ1) is 8.80. The molecule has 0 aliphatic carbocycles. The molecule has 0 saturated carbocycles. The molecule has 19 heavy (non-hydrogen) atoms. The summed E-state index contributed by atoms with van der Waals surface area (Å²) in [4.78, 5) is 13.7. The molecule has 1 aliphatic rings. The van der Waals surface area contributed by atoms with E-state index >= 15 is 0 Å². The number of aryl methyl sites for hydroxylation is 1. The Bertz CT molecular complexity index is 588. The highest BCUT2D eigenvalue weighted by molar-refractivity contribution is 8.13. The number of nitrogens with zero attached hydrogens (tertiary/aromatic N) is 2. The number of aromatic amines is 1. The van der Waals surface area contributed by atoms with Gasteiger partial charge in [0.2, 0.25) is 0 Å². The predicted octanol–water partition coefficient (Wildman–Crippen LogP) is 1.52. The van der Waals surface area contributed by atoms with E-state index < -0.39 is 9.05 Å². The minimum atomic E-state index is -3.98. The molecule has 8 heteroatoms. The molecule has 1 aromatic heterocycles. The standard InChI is InChI=1S/C11H16ClN3O3S/c1-7-3-5-15(6-4-7)11(16)9-10(19(12,17)18)8(2)13-14-9/h7H,3-6H2,1-2H3,(H,13,14).